The van der Waals surface area contributed by atoms with Gasteiger partial charge in [-0.15, -0.1) is 0 Å². The summed E-state index contributed by atoms with van der Waals surface area (Å²) >= 11 is 1.15. The summed E-state index contributed by atoms with van der Waals surface area (Å²) in [7, 11) is 1.68. The van der Waals surface area contributed by atoms with Crippen molar-refractivity contribution in [2.24, 2.45) is 0 Å². The number of carbonyl (C=O) groups excluding carboxylic acids is 1. The monoisotopic (exact) mass is 383 g/mol. The smallest absolute Gasteiger partial charge is 0.238 e. The molecule has 0 saturated carbocycles. The van der Waals surface area contributed by atoms with Crippen LogP contribution in [-0.2, 0) is 4.79 Å². The molecule has 1 aliphatic rings. The first-order valence-electron chi connectivity index (χ1n) is 8.85. The van der Waals surface area contributed by atoms with Gasteiger partial charge < -0.3 is 15.0 Å². The van der Waals surface area contributed by atoms with Crippen molar-refractivity contribution >= 4 is 40.0 Å². The molecule has 0 radical (unpaired) electrons. The van der Waals surface area contributed by atoms with Gasteiger partial charge in [0.2, 0.25) is 5.91 Å². The number of amides is 1. The van der Waals surface area contributed by atoms with Gasteiger partial charge in [0, 0.05) is 37.9 Å². The molecule has 3 aromatic rings. The summed E-state index contributed by atoms with van der Waals surface area (Å²) in [6.45, 7) is 3.82. The van der Waals surface area contributed by atoms with Crippen molar-refractivity contribution in [1.82, 2.24) is 13.6 Å². The van der Waals surface area contributed by atoms with Crippen LogP contribution in [0.1, 0.15) is 0 Å². The molecule has 0 unspecified atom stereocenters. The number of rotatable bonds is 5. The fourth-order valence-corrected chi connectivity index (χ4v) is 3.82. The molecule has 7 nitrogen and oxygen atoms in total. The van der Waals surface area contributed by atoms with Gasteiger partial charge in [0.15, 0.2) is 0 Å². The van der Waals surface area contributed by atoms with Crippen LogP contribution < -0.4 is 15.0 Å². The van der Waals surface area contributed by atoms with Crippen LogP contribution in [-0.4, -0.2) is 59.4 Å². The zero-order chi connectivity index (χ0) is 18.6. The number of nitrogens with one attached hydrogen (secondary N) is 1. The molecule has 4 rings (SSSR count). The summed E-state index contributed by atoms with van der Waals surface area (Å²) in [6.07, 6.45) is 0. The number of anilines is 2. The molecule has 0 aliphatic carbocycles. The molecule has 0 atom stereocenters. The van der Waals surface area contributed by atoms with E-state index in [2.05, 4.69) is 29.9 Å². The Balaban J connectivity index is 1.32. The Morgan fingerprint density at radius 3 is 2.78 bits per heavy atom. The summed E-state index contributed by atoms with van der Waals surface area (Å²) in [5, 5.41) is 2.97. The van der Waals surface area contributed by atoms with Crippen LogP contribution in [0.15, 0.2) is 42.5 Å². The maximum Gasteiger partial charge on any atom is 0.238 e. The SMILES string of the molecule is COc1cccc(N2CCN(CC(=O)Nc3cccc4nsnc34)CC2)c1. The molecule has 1 aromatic heterocycles. The van der Waals surface area contributed by atoms with E-state index in [9.17, 15) is 4.79 Å². The third-order valence-corrected chi connectivity index (χ3v) is 5.26. The van der Waals surface area contributed by atoms with E-state index in [4.69, 9.17) is 4.74 Å². The lowest BCUT2D eigenvalue weighted by Gasteiger charge is -2.35. The second-order valence-electron chi connectivity index (χ2n) is 6.45. The number of fused-ring (bicyclic) bond motifs is 1. The molecule has 1 saturated heterocycles. The average Bonchev–Trinajstić information content (AvgIpc) is 3.18. The first-order valence-corrected chi connectivity index (χ1v) is 9.58. The quantitative estimate of drug-likeness (QED) is 0.730. The zero-order valence-corrected chi connectivity index (χ0v) is 15.9. The van der Waals surface area contributed by atoms with Crippen LogP contribution in [0.3, 0.4) is 0 Å². The highest BCUT2D eigenvalue weighted by Crippen LogP contribution is 2.23. The van der Waals surface area contributed by atoms with Gasteiger partial charge in [0.1, 0.15) is 16.8 Å². The predicted octanol–water partition coefficient (Wildman–Crippen LogP) is 2.46. The lowest BCUT2D eigenvalue weighted by molar-refractivity contribution is -0.117. The number of hydrogen-bond acceptors (Lipinski definition) is 7. The van der Waals surface area contributed by atoms with Crippen molar-refractivity contribution in [3.8, 4) is 5.75 Å². The van der Waals surface area contributed by atoms with Crippen molar-refractivity contribution in [3.63, 3.8) is 0 Å². The van der Waals surface area contributed by atoms with Crippen molar-refractivity contribution in [3.05, 3.63) is 42.5 Å². The van der Waals surface area contributed by atoms with E-state index in [1.54, 1.807) is 7.11 Å². The Morgan fingerprint density at radius 1 is 1.15 bits per heavy atom. The highest BCUT2D eigenvalue weighted by molar-refractivity contribution is 7.00. The van der Waals surface area contributed by atoms with E-state index in [-0.39, 0.29) is 5.91 Å². The molecular formula is C19H21N5O2S. The fourth-order valence-electron chi connectivity index (χ4n) is 3.27. The molecule has 0 spiro atoms. The van der Waals surface area contributed by atoms with Gasteiger partial charge in [0.05, 0.1) is 31.1 Å². The Bertz CT molecular complexity index is 937. The van der Waals surface area contributed by atoms with E-state index < -0.39 is 0 Å². The van der Waals surface area contributed by atoms with Gasteiger partial charge in [-0.25, -0.2) is 0 Å². The van der Waals surface area contributed by atoms with Gasteiger partial charge in [-0.1, -0.05) is 12.1 Å². The highest BCUT2D eigenvalue weighted by Gasteiger charge is 2.20. The normalized spacial score (nSPS) is 15.1. The first-order chi connectivity index (χ1) is 13.2. The predicted molar refractivity (Wildman–Crippen MR) is 108 cm³/mol. The Hall–Kier alpha value is -2.71. The minimum atomic E-state index is -0.0228. The summed E-state index contributed by atoms with van der Waals surface area (Å²) in [4.78, 5) is 16.9. The maximum absolute atomic E-state index is 12.5. The fraction of sp³-hybridized carbons (Fsp3) is 0.316. The van der Waals surface area contributed by atoms with Crippen LogP contribution in [0.5, 0.6) is 5.75 Å². The number of piperazine rings is 1. The minimum Gasteiger partial charge on any atom is -0.497 e. The third kappa shape index (κ3) is 4.01. The Kier molecular flexibility index (Phi) is 5.17. The van der Waals surface area contributed by atoms with Gasteiger partial charge >= 0.3 is 0 Å². The highest BCUT2D eigenvalue weighted by atomic mass is 32.1. The number of hydrogen-bond donors (Lipinski definition) is 1. The van der Waals surface area contributed by atoms with Crippen LogP contribution in [0.4, 0.5) is 11.4 Å². The summed E-state index contributed by atoms with van der Waals surface area (Å²) in [6, 6.07) is 13.7. The number of carbonyl (C=O) groups is 1. The summed E-state index contributed by atoms with van der Waals surface area (Å²) in [5.41, 5.74) is 3.44. The van der Waals surface area contributed by atoms with Gasteiger partial charge in [-0.05, 0) is 24.3 Å². The molecule has 27 heavy (non-hydrogen) atoms. The number of benzene rings is 2. The molecule has 2 aromatic carbocycles. The second kappa shape index (κ2) is 7.89. The summed E-state index contributed by atoms with van der Waals surface area (Å²) < 4.78 is 13.8. The van der Waals surface area contributed by atoms with E-state index in [1.165, 1.54) is 0 Å². The molecule has 2 heterocycles. The molecule has 1 N–H and O–H groups in total. The zero-order valence-electron chi connectivity index (χ0n) is 15.1. The molecule has 1 aliphatic heterocycles. The lowest BCUT2D eigenvalue weighted by Crippen LogP contribution is -2.48. The third-order valence-electron chi connectivity index (χ3n) is 4.72. The number of ether oxygens (including phenoxy) is 1. The van der Waals surface area contributed by atoms with E-state index >= 15 is 0 Å². The average molecular weight is 383 g/mol. The minimum absolute atomic E-state index is 0.0228. The van der Waals surface area contributed by atoms with E-state index in [0.29, 0.717) is 6.54 Å². The van der Waals surface area contributed by atoms with Crippen molar-refractivity contribution in [1.29, 1.82) is 0 Å². The summed E-state index contributed by atoms with van der Waals surface area (Å²) in [5.74, 6) is 0.838. The lowest BCUT2D eigenvalue weighted by atomic mass is 10.2. The second-order valence-corrected chi connectivity index (χ2v) is 6.98. The van der Waals surface area contributed by atoms with Crippen LogP contribution in [0.2, 0.25) is 0 Å². The van der Waals surface area contributed by atoms with Crippen LogP contribution in [0, 0.1) is 0 Å². The van der Waals surface area contributed by atoms with Gasteiger partial charge in [-0.2, -0.15) is 8.75 Å². The molecule has 8 heteroatoms. The molecule has 1 fully saturated rings. The molecule has 1 amide bonds. The Labute approximate surface area is 161 Å². The Morgan fingerprint density at radius 2 is 1.96 bits per heavy atom. The van der Waals surface area contributed by atoms with Gasteiger partial charge in [-0.3, -0.25) is 9.69 Å². The number of nitrogens with zero attached hydrogens (tertiary/aromatic N) is 4. The number of methoxy groups -OCH3 is 1. The van der Waals surface area contributed by atoms with E-state index in [0.717, 1.165) is 66.1 Å². The largest absolute Gasteiger partial charge is 0.497 e. The maximum atomic E-state index is 12.5. The molecule has 140 valence electrons. The standard InChI is InChI=1S/C19H21N5O2S/c1-26-15-5-2-4-14(12-15)24-10-8-23(9-11-24)13-18(25)20-16-6-3-7-17-19(16)22-27-21-17/h2-7,12H,8-11,13H2,1H3,(H,20,25). The topological polar surface area (TPSA) is 70.6 Å². The first kappa shape index (κ1) is 17.7. The van der Waals surface area contributed by atoms with Crippen LogP contribution in [0.25, 0.3) is 11.0 Å². The van der Waals surface area contributed by atoms with Crippen molar-refractivity contribution in [2.75, 3.05) is 50.1 Å². The van der Waals surface area contributed by atoms with E-state index in [1.807, 2.05) is 36.4 Å². The van der Waals surface area contributed by atoms with Crippen molar-refractivity contribution < 1.29 is 9.53 Å². The van der Waals surface area contributed by atoms with Crippen molar-refractivity contribution in [2.45, 2.75) is 0 Å². The van der Waals surface area contributed by atoms with Crippen LogP contribution >= 0.6 is 11.7 Å². The number of aromatic nitrogens is 2. The molecule has 0 bridgehead atoms. The molecular weight excluding hydrogens is 362 g/mol. The van der Waals surface area contributed by atoms with Gasteiger partial charge in [0.25, 0.3) is 0 Å².